The SMILES string of the molecule is CCCCC(NC(=O)c1cc2c([nH]c1=O)CCCC2)C(=O)O. The van der Waals surface area contributed by atoms with Crippen molar-refractivity contribution in [3.8, 4) is 0 Å². The second kappa shape index (κ2) is 7.24. The average Bonchev–Trinajstić information content (AvgIpc) is 2.50. The first-order valence-electron chi connectivity index (χ1n) is 7.81. The summed E-state index contributed by atoms with van der Waals surface area (Å²) in [6, 6.07) is 0.657. The number of aryl methyl sites for hydroxylation is 2. The van der Waals surface area contributed by atoms with Gasteiger partial charge in [0.1, 0.15) is 11.6 Å². The minimum atomic E-state index is -1.07. The molecule has 3 N–H and O–H groups in total. The quantitative estimate of drug-likeness (QED) is 0.743. The van der Waals surface area contributed by atoms with Gasteiger partial charge in [-0.2, -0.15) is 0 Å². The van der Waals surface area contributed by atoms with Crippen molar-refractivity contribution in [3.63, 3.8) is 0 Å². The number of amides is 1. The highest BCUT2D eigenvalue weighted by molar-refractivity contribution is 5.96. The highest BCUT2D eigenvalue weighted by atomic mass is 16.4. The molecule has 0 aliphatic heterocycles. The van der Waals surface area contributed by atoms with Gasteiger partial charge in [0.05, 0.1) is 0 Å². The summed E-state index contributed by atoms with van der Waals surface area (Å²) in [5.74, 6) is -1.69. The molecule has 1 aliphatic carbocycles. The molecule has 1 unspecified atom stereocenters. The Labute approximate surface area is 128 Å². The molecule has 0 spiro atoms. The molecule has 120 valence electrons. The van der Waals surface area contributed by atoms with E-state index in [2.05, 4.69) is 10.3 Å². The van der Waals surface area contributed by atoms with Gasteiger partial charge in [0.25, 0.3) is 11.5 Å². The number of hydrogen-bond acceptors (Lipinski definition) is 3. The second-order valence-electron chi connectivity index (χ2n) is 5.73. The fourth-order valence-electron chi connectivity index (χ4n) is 2.75. The van der Waals surface area contributed by atoms with Crippen molar-refractivity contribution in [2.24, 2.45) is 0 Å². The molecule has 1 aromatic heterocycles. The van der Waals surface area contributed by atoms with Gasteiger partial charge in [-0.15, -0.1) is 0 Å². The smallest absolute Gasteiger partial charge is 0.326 e. The summed E-state index contributed by atoms with van der Waals surface area (Å²) in [6.07, 6.45) is 5.64. The first kappa shape index (κ1) is 16.3. The summed E-state index contributed by atoms with van der Waals surface area (Å²) >= 11 is 0. The minimum absolute atomic E-state index is 0.00315. The van der Waals surface area contributed by atoms with Gasteiger partial charge in [0, 0.05) is 5.69 Å². The molecular weight excluding hydrogens is 284 g/mol. The van der Waals surface area contributed by atoms with Gasteiger partial charge in [0.2, 0.25) is 0 Å². The van der Waals surface area contributed by atoms with Crippen LogP contribution in [0.25, 0.3) is 0 Å². The van der Waals surface area contributed by atoms with Crippen LogP contribution in [-0.4, -0.2) is 28.0 Å². The van der Waals surface area contributed by atoms with Crippen molar-refractivity contribution in [2.45, 2.75) is 57.9 Å². The van der Waals surface area contributed by atoms with E-state index >= 15 is 0 Å². The number of carbonyl (C=O) groups excluding carboxylic acids is 1. The van der Waals surface area contributed by atoms with Crippen molar-refractivity contribution in [3.05, 3.63) is 33.2 Å². The molecule has 6 nitrogen and oxygen atoms in total. The van der Waals surface area contributed by atoms with Gasteiger partial charge in [-0.25, -0.2) is 4.79 Å². The number of unbranched alkanes of at least 4 members (excludes halogenated alkanes) is 1. The molecule has 22 heavy (non-hydrogen) atoms. The Kier molecular flexibility index (Phi) is 5.35. The van der Waals surface area contributed by atoms with Crippen LogP contribution in [0.2, 0.25) is 0 Å². The molecule has 6 heteroatoms. The van der Waals surface area contributed by atoms with E-state index in [-0.39, 0.29) is 5.56 Å². The van der Waals surface area contributed by atoms with Crippen LogP contribution in [0.4, 0.5) is 0 Å². The first-order valence-corrected chi connectivity index (χ1v) is 7.81. The summed E-state index contributed by atoms with van der Waals surface area (Å²) in [6.45, 7) is 1.95. The fraction of sp³-hybridized carbons (Fsp3) is 0.562. The monoisotopic (exact) mass is 306 g/mol. The molecule has 1 atom stereocenters. The Morgan fingerprint density at radius 2 is 2.09 bits per heavy atom. The normalized spacial score (nSPS) is 15.0. The zero-order valence-electron chi connectivity index (χ0n) is 12.8. The lowest BCUT2D eigenvalue weighted by molar-refractivity contribution is -0.139. The molecule has 1 aliphatic rings. The van der Waals surface area contributed by atoms with E-state index in [4.69, 9.17) is 5.11 Å². The minimum Gasteiger partial charge on any atom is -0.480 e. The van der Waals surface area contributed by atoms with Gasteiger partial charge >= 0.3 is 5.97 Å². The van der Waals surface area contributed by atoms with E-state index in [0.717, 1.165) is 43.4 Å². The Bertz CT molecular complexity index is 621. The van der Waals surface area contributed by atoms with Crippen molar-refractivity contribution in [2.75, 3.05) is 0 Å². The highest BCUT2D eigenvalue weighted by Gasteiger charge is 2.23. The topological polar surface area (TPSA) is 99.3 Å². The van der Waals surface area contributed by atoms with E-state index in [0.29, 0.717) is 12.8 Å². The summed E-state index contributed by atoms with van der Waals surface area (Å²) in [4.78, 5) is 38.2. The van der Waals surface area contributed by atoms with Crippen LogP contribution in [0.5, 0.6) is 0 Å². The Morgan fingerprint density at radius 3 is 2.77 bits per heavy atom. The maximum Gasteiger partial charge on any atom is 0.326 e. The van der Waals surface area contributed by atoms with Crippen LogP contribution in [0, 0.1) is 0 Å². The van der Waals surface area contributed by atoms with Crippen LogP contribution in [0.3, 0.4) is 0 Å². The third-order valence-corrected chi connectivity index (χ3v) is 4.03. The van der Waals surface area contributed by atoms with Crippen LogP contribution >= 0.6 is 0 Å². The lowest BCUT2D eigenvalue weighted by Gasteiger charge is -2.17. The van der Waals surface area contributed by atoms with Gasteiger partial charge in [-0.05, 0) is 43.7 Å². The Balaban J connectivity index is 2.18. The van der Waals surface area contributed by atoms with Gasteiger partial charge in [-0.1, -0.05) is 19.8 Å². The summed E-state index contributed by atoms with van der Waals surface area (Å²) in [5.41, 5.74) is 1.44. The van der Waals surface area contributed by atoms with E-state index in [1.54, 1.807) is 6.07 Å². The molecule has 2 rings (SSSR count). The zero-order chi connectivity index (χ0) is 16.1. The van der Waals surface area contributed by atoms with Crippen LogP contribution < -0.4 is 10.9 Å². The number of aliphatic carboxylic acids is 1. The predicted molar refractivity (Wildman–Crippen MR) is 82.1 cm³/mol. The molecule has 0 saturated heterocycles. The van der Waals surface area contributed by atoms with E-state index < -0.39 is 23.5 Å². The van der Waals surface area contributed by atoms with E-state index in [1.165, 1.54) is 0 Å². The number of rotatable bonds is 6. The number of carbonyl (C=O) groups is 2. The lowest BCUT2D eigenvalue weighted by atomic mass is 9.95. The van der Waals surface area contributed by atoms with E-state index in [1.807, 2.05) is 6.92 Å². The fourth-order valence-corrected chi connectivity index (χ4v) is 2.75. The first-order chi connectivity index (χ1) is 10.5. The Hall–Kier alpha value is -2.11. The maximum absolute atomic E-state index is 12.2. The third kappa shape index (κ3) is 3.75. The summed E-state index contributed by atoms with van der Waals surface area (Å²) in [5, 5.41) is 11.6. The van der Waals surface area contributed by atoms with Crippen molar-refractivity contribution < 1.29 is 14.7 Å². The summed E-state index contributed by atoms with van der Waals surface area (Å²) in [7, 11) is 0. The molecule has 1 heterocycles. The molecule has 0 bridgehead atoms. The average molecular weight is 306 g/mol. The number of carboxylic acids is 1. The standard InChI is InChI=1S/C16H22N2O4/c1-2-3-7-13(16(21)22)18-15(20)11-9-10-6-4-5-8-12(10)17-14(11)19/h9,13H,2-8H2,1H3,(H,17,19)(H,18,20)(H,21,22). The number of hydrogen-bond donors (Lipinski definition) is 3. The zero-order valence-corrected chi connectivity index (χ0v) is 12.8. The van der Waals surface area contributed by atoms with Crippen molar-refractivity contribution in [1.29, 1.82) is 0 Å². The Morgan fingerprint density at radius 1 is 1.36 bits per heavy atom. The predicted octanol–water partition coefficient (Wildman–Crippen LogP) is 1.63. The number of pyridine rings is 1. The van der Waals surface area contributed by atoms with Gasteiger partial charge < -0.3 is 15.4 Å². The molecule has 1 amide bonds. The van der Waals surface area contributed by atoms with Crippen molar-refractivity contribution >= 4 is 11.9 Å². The highest BCUT2D eigenvalue weighted by Crippen LogP contribution is 2.18. The molecule has 0 radical (unpaired) electrons. The molecule has 0 aromatic carbocycles. The number of H-pyrrole nitrogens is 1. The van der Waals surface area contributed by atoms with Gasteiger partial charge in [-0.3, -0.25) is 9.59 Å². The lowest BCUT2D eigenvalue weighted by Crippen LogP contribution is -2.42. The molecule has 0 fully saturated rings. The number of carboxylic acid groups (broad SMARTS) is 1. The van der Waals surface area contributed by atoms with Crippen molar-refractivity contribution in [1.82, 2.24) is 10.3 Å². The van der Waals surface area contributed by atoms with Crippen LogP contribution in [0.15, 0.2) is 10.9 Å². The summed E-state index contributed by atoms with van der Waals surface area (Å²) < 4.78 is 0. The number of aromatic nitrogens is 1. The number of nitrogens with one attached hydrogen (secondary N) is 2. The second-order valence-corrected chi connectivity index (χ2v) is 5.73. The largest absolute Gasteiger partial charge is 0.480 e. The molecule has 0 saturated carbocycles. The molecular formula is C16H22N2O4. The molecule has 1 aromatic rings. The van der Waals surface area contributed by atoms with Crippen LogP contribution in [0.1, 0.15) is 60.6 Å². The number of aromatic amines is 1. The van der Waals surface area contributed by atoms with Crippen LogP contribution in [-0.2, 0) is 17.6 Å². The number of fused-ring (bicyclic) bond motifs is 1. The van der Waals surface area contributed by atoms with E-state index in [9.17, 15) is 14.4 Å². The maximum atomic E-state index is 12.2. The van der Waals surface area contributed by atoms with Gasteiger partial charge in [0.15, 0.2) is 0 Å². The third-order valence-electron chi connectivity index (χ3n) is 4.03.